The van der Waals surface area contributed by atoms with E-state index in [1.165, 1.54) is 0 Å². The normalized spacial score (nSPS) is 15.2. The van der Waals surface area contributed by atoms with Crippen LogP contribution in [0.2, 0.25) is 0 Å². The Hall–Kier alpha value is -1.98. The van der Waals surface area contributed by atoms with Gasteiger partial charge in [-0.05, 0) is 31.9 Å². The number of hydrogen-bond acceptors (Lipinski definition) is 3. The highest BCUT2D eigenvalue weighted by atomic mass is 16.4. The van der Waals surface area contributed by atoms with Crippen LogP contribution in [-0.4, -0.2) is 23.1 Å². The summed E-state index contributed by atoms with van der Waals surface area (Å²) in [5.41, 5.74) is 0. The predicted molar refractivity (Wildman–Crippen MR) is 74.4 cm³/mol. The average molecular weight is 282 g/mol. The van der Waals surface area contributed by atoms with E-state index in [0.29, 0.717) is 12.2 Å². The molecule has 1 aromatic rings. The van der Waals surface area contributed by atoms with Crippen LogP contribution < -0.4 is 10.6 Å². The first kappa shape index (κ1) is 16.1. The standard InChI is InChI=1S/C14H22N2O4/c1-5-8(2)12(13(17)18)16-14(19)15-10(4)11-7-6-9(3)20-11/h6-8,10,12H,5H2,1-4H3,(H,17,18)(H2,15,16,19)/t8-,10?,12-/m0/s1. The van der Waals surface area contributed by atoms with Crippen molar-refractivity contribution in [1.29, 1.82) is 0 Å². The lowest BCUT2D eigenvalue weighted by Crippen LogP contribution is -2.49. The van der Waals surface area contributed by atoms with Crippen molar-refractivity contribution in [3.8, 4) is 0 Å². The molecule has 1 aromatic heterocycles. The highest BCUT2D eigenvalue weighted by Crippen LogP contribution is 2.15. The Labute approximate surface area is 118 Å². The minimum atomic E-state index is -1.03. The number of furan rings is 1. The maximum absolute atomic E-state index is 11.8. The molecule has 6 nitrogen and oxygen atoms in total. The molecule has 0 aliphatic rings. The van der Waals surface area contributed by atoms with E-state index in [0.717, 1.165) is 5.76 Å². The summed E-state index contributed by atoms with van der Waals surface area (Å²) in [5.74, 6) is 0.223. The molecule has 3 N–H and O–H groups in total. The van der Waals surface area contributed by atoms with Crippen molar-refractivity contribution in [2.24, 2.45) is 5.92 Å². The first-order valence-corrected chi connectivity index (χ1v) is 6.71. The lowest BCUT2D eigenvalue weighted by molar-refractivity contribution is -0.140. The quantitative estimate of drug-likeness (QED) is 0.747. The summed E-state index contributed by atoms with van der Waals surface area (Å²) in [5, 5.41) is 14.3. The van der Waals surface area contributed by atoms with Gasteiger partial charge in [-0.15, -0.1) is 0 Å². The van der Waals surface area contributed by atoms with Gasteiger partial charge < -0.3 is 20.2 Å². The van der Waals surface area contributed by atoms with Gasteiger partial charge >= 0.3 is 12.0 Å². The fourth-order valence-corrected chi connectivity index (χ4v) is 1.82. The van der Waals surface area contributed by atoms with Crippen LogP contribution in [0.4, 0.5) is 4.79 Å². The van der Waals surface area contributed by atoms with Gasteiger partial charge in [-0.2, -0.15) is 0 Å². The van der Waals surface area contributed by atoms with Crippen molar-refractivity contribution < 1.29 is 19.1 Å². The number of aryl methyl sites for hydroxylation is 1. The zero-order valence-electron chi connectivity index (χ0n) is 12.3. The predicted octanol–water partition coefficient (Wildman–Crippen LogP) is 2.45. The monoisotopic (exact) mass is 282 g/mol. The Kier molecular flexibility index (Phi) is 5.61. The molecule has 0 saturated heterocycles. The number of rotatable bonds is 6. The maximum atomic E-state index is 11.8. The molecule has 1 unspecified atom stereocenters. The summed E-state index contributed by atoms with van der Waals surface area (Å²) in [7, 11) is 0. The minimum Gasteiger partial charge on any atom is -0.480 e. The van der Waals surface area contributed by atoms with Gasteiger partial charge in [0, 0.05) is 0 Å². The van der Waals surface area contributed by atoms with E-state index in [4.69, 9.17) is 9.52 Å². The van der Waals surface area contributed by atoms with Crippen LogP contribution in [0.25, 0.3) is 0 Å². The molecule has 1 rings (SSSR count). The van der Waals surface area contributed by atoms with Crippen LogP contribution in [0.15, 0.2) is 16.5 Å². The summed E-state index contributed by atoms with van der Waals surface area (Å²) in [6.07, 6.45) is 0.671. The molecule has 0 aliphatic carbocycles. The number of carbonyl (C=O) groups is 2. The highest BCUT2D eigenvalue weighted by Gasteiger charge is 2.26. The zero-order valence-corrected chi connectivity index (χ0v) is 12.3. The van der Waals surface area contributed by atoms with Crippen molar-refractivity contribution in [1.82, 2.24) is 10.6 Å². The smallest absolute Gasteiger partial charge is 0.326 e. The molecule has 0 aliphatic heterocycles. The number of carboxylic acid groups (broad SMARTS) is 1. The van der Waals surface area contributed by atoms with Crippen molar-refractivity contribution in [3.63, 3.8) is 0 Å². The summed E-state index contributed by atoms with van der Waals surface area (Å²) >= 11 is 0. The SMILES string of the molecule is CC[C@H](C)[C@H](NC(=O)NC(C)c1ccc(C)o1)C(=O)O. The van der Waals surface area contributed by atoms with Gasteiger partial charge in [0.05, 0.1) is 6.04 Å². The van der Waals surface area contributed by atoms with Crippen LogP contribution in [0.1, 0.15) is 44.8 Å². The zero-order chi connectivity index (χ0) is 15.3. The first-order valence-electron chi connectivity index (χ1n) is 6.71. The molecule has 0 fully saturated rings. The van der Waals surface area contributed by atoms with Gasteiger partial charge in [0.15, 0.2) is 0 Å². The van der Waals surface area contributed by atoms with E-state index >= 15 is 0 Å². The third kappa shape index (κ3) is 4.29. The molecular weight excluding hydrogens is 260 g/mol. The first-order chi connectivity index (χ1) is 9.35. The van der Waals surface area contributed by atoms with E-state index in [-0.39, 0.29) is 12.0 Å². The molecule has 0 aromatic carbocycles. The second-order valence-electron chi connectivity index (χ2n) is 4.99. The number of urea groups is 1. The Morgan fingerprint density at radius 1 is 1.30 bits per heavy atom. The molecule has 2 amide bonds. The number of aliphatic carboxylic acids is 1. The van der Waals surface area contributed by atoms with Crippen molar-refractivity contribution in [2.75, 3.05) is 0 Å². The Morgan fingerprint density at radius 2 is 1.95 bits per heavy atom. The summed E-state index contributed by atoms with van der Waals surface area (Å²) in [4.78, 5) is 23.0. The van der Waals surface area contributed by atoms with E-state index < -0.39 is 18.0 Å². The Morgan fingerprint density at radius 3 is 2.40 bits per heavy atom. The van der Waals surface area contributed by atoms with E-state index in [9.17, 15) is 9.59 Å². The van der Waals surface area contributed by atoms with Gasteiger partial charge in [0.25, 0.3) is 0 Å². The molecule has 0 spiro atoms. The Bertz CT molecular complexity index is 469. The van der Waals surface area contributed by atoms with Crippen LogP contribution >= 0.6 is 0 Å². The number of hydrogen-bond donors (Lipinski definition) is 3. The van der Waals surface area contributed by atoms with Gasteiger partial charge in [0.2, 0.25) is 0 Å². The minimum absolute atomic E-state index is 0.139. The molecule has 6 heteroatoms. The molecular formula is C14H22N2O4. The van der Waals surface area contributed by atoms with E-state index in [1.54, 1.807) is 19.9 Å². The topological polar surface area (TPSA) is 91.6 Å². The summed E-state index contributed by atoms with van der Waals surface area (Å²) < 4.78 is 5.41. The van der Waals surface area contributed by atoms with Crippen molar-refractivity contribution in [2.45, 2.75) is 46.2 Å². The lowest BCUT2D eigenvalue weighted by Gasteiger charge is -2.21. The second kappa shape index (κ2) is 6.98. The maximum Gasteiger partial charge on any atom is 0.326 e. The van der Waals surface area contributed by atoms with Crippen LogP contribution in [0, 0.1) is 12.8 Å². The van der Waals surface area contributed by atoms with Gasteiger partial charge in [-0.3, -0.25) is 0 Å². The number of carboxylic acids is 1. The fourth-order valence-electron chi connectivity index (χ4n) is 1.82. The molecule has 0 saturated carbocycles. The molecule has 112 valence electrons. The van der Waals surface area contributed by atoms with E-state index in [2.05, 4.69) is 10.6 Å². The Balaban J connectivity index is 2.59. The van der Waals surface area contributed by atoms with E-state index in [1.807, 2.05) is 19.9 Å². The summed E-state index contributed by atoms with van der Waals surface area (Å²) in [6, 6.07) is 1.86. The summed E-state index contributed by atoms with van der Waals surface area (Å²) in [6.45, 7) is 7.27. The van der Waals surface area contributed by atoms with Gasteiger partial charge in [-0.25, -0.2) is 9.59 Å². The van der Waals surface area contributed by atoms with Crippen LogP contribution in [-0.2, 0) is 4.79 Å². The number of amides is 2. The number of carbonyl (C=O) groups excluding carboxylic acids is 1. The largest absolute Gasteiger partial charge is 0.480 e. The van der Waals surface area contributed by atoms with Crippen LogP contribution in [0.5, 0.6) is 0 Å². The molecule has 3 atom stereocenters. The number of nitrogens with one attached hydrogen (secondary N) is 2. The van der Waals surface area contributed by atoms with Gasteiger partial charge in [-0.1, -0.05) is 20.3 Å². The molecule has 20 heavy (non-hydrogen) atoms. The third-order valence-electron chi connectivity index (χ3n) is 3.30. The van der Waals surface area contributed by atoms with Crippen molar-refractivity contribution in [3.05, 3.63) is 23.7 Å². The average Bonchev–Trinajstić information content (AvgIpc) is 2.81. The van der Waals surface area contributed by atoms with Crippen molar-refractivity contribution >= 4 is 12.0 Å². The molecule has 1 heterocycles. The highest BCUT2D eigenvalue weighted by molar-refractivity contribution is 5.82. The second-order valence-corrected chi connectivity index (χ2v) is 4.99. The molecule has 0 bridgehead atoms. The van der Waals surface area contributed by atoms with Crippen LogP contribution in [0.3, 0.4) is 0 Å². The third-order valence-corrected chi connectivity index (χ3v) is 3.30. The lowest BCUT2D eigenvalue weighted by atomic mass is 9.99. The fraction of sp³-hybridized carbons (Fsp3) is 0.571. The molecule has 0 radical (unpaired) electrons. The van der Waals surface area contributed by atoms with Gasteiger partial charge in [0.1, 0.15) is 17.6 Å².